The number of carbonyl (C=O) groups is 1. The van der Waals surface area contributed by atoms with Gasteiger partial charge in [-0.1, -0.05) is 60.7 Å². The highest BCUT2D eigenvalue weighted by Crippen LogP contribution is 2.50. The number of hydrogen-bond donors (Lipinski definition) is 1. The number of phosphoric acid groups is 1. The van der Waals surface area contributed by atoms with E-state index < -0.39 is 19.9 Å². The van der Waals surface area contributed by atoms with Crippen molar-refractivity contribution in [2.45, 2.75) is 19.4 Å². The summed E-state index contributed by atoms with van der Waals surface area (Å²) in [4.78, 5) is 10.7. The zero-order valence-corrected chi connectivity index (χ0v) is 17.4. The lowest BCUT2D eigenvalue weighted by molar-refractivity contribution is -0.173. The number of hydrogen-bond acceptors (Lipinski definition) is 6. The monoisotopic (exact) mass is 461 g/mol. The van der Waals surface area contributed by atoms with E-state index in [1.807, 2.05) is 12.1 Å². The Hall–Kier alpha value is -2.23. The van der Waals surface area contributed by atoms with Crippen molar-refractivity contribution in [1.29, 1.82) is 0 Å². The summed E-state index contributed by atoms with van der Waals surface area (Å²) in [5, 5.41) is 1.67. The predicted molar refractivity (Wildman–Crippen MR) is 106 cm³/mol. The van der Waals surface area contributed by atoms with Gasteiger partial charge in [0.1, 0.15) is 0 Å². The molecule has 0 aliphatic heterocycles. The standard InChI is InChI=1S/C20H23F3NO6P/c21-20(22,23)19(25)24-11-12-27-13-14-28-31(26,29-15-17-7-3-1-4-8-17)30-16-18-9-5-2-6-10-18/h1-10H,11-16H2,(H,24,25). The fourth-order valence-corrected chi connectivity index (χ4v) is 3.35. The number of benzene rings is 2. The van der Waals surface area contributed by atoms with Crippen LogP contribution < -0.4 is 5.32 Å². The molecule has 2 aromatic carbocycles. The lowest BCUT2D eigenvalue weighted by Gasteiger charge is -2.18. The summed E-state index contributed by atoms with van der Waals surface area (Å²) in [7, 11) is -3.94. The number of ether oxygens (including phenoxy) is 1. The summed E-state index contributed by atoms with van der Waals surface area (Å²) >= 11 is 0. The molecule has 0 radical (unpaired) electrons. The fourth-order valence-electron chi connectivity index (χ4n) is 2.21. The first kappa shape index (κ1) is 25.0. The first-order chi connectivity index (χ1) is 14.8. The highest BCUT2D eigenvalue weighted by atomic mass is 31.2. The van der Waals surface area contributed by atoms with E-state index >= 15 is 0 Å². The number of phosphoric ester groups is 1. The molecule has 2 aromatic rings. The molecule has 0 saturated heterocycles. The SMILES string of the molecule is O=C(NCCOCCOP(=O)(OCc1ccccc1)OCc1ccccc1)C(F)(F)F. The van der Waals surface area contributed by atoms with Crippen LogP contribution in [0.2, 0.25) is 0 Å². The third kappa shape index (κ3) is 10.1. The van der Waals surface area contributed by atoms with Gasteiger partial charge in [0, 0.05) is 6.54 Å². The molecule has 0 spiro atoms. The molecule has 0 aromatic heterocycles. The smallest absolute Gasteiger partial charge is 0.377 e. The molecule has 0 bridgehead atoms. The van der Waals surface area contributed by atoms with Crippen LogP contribution in [0.3, 0.4) is 0 Å². The van der Waals surface area contributed by atoms with Gasteiger partial charge in [-0.3, -0.25) is 18.4 Å². The summed E-state index contributed by atoms with van der Waals surface area (Å²) in [6.45, 7) is -0.784. The van der Waals surface area contributed by atoms with Gasteiger partial charge in [0.2, 0.25) is 0 Å². The highest BCUT2D eigenvalue weighted by Gasteiger charge is 2.38. The number of nitrogens with one attached hydrogen (secondary N) is 1. The predicted octanol–water partition coefficient (Wildman–Crippen LogP) is 4.24. The van der Waals surface area contributed by atoms with Crippen molar-refractivity contribution in [3.8, 4) is 0 Å². The minimum Gasteiger partial charge on any atom is -0.377 e. The number of rotatable bonds is 13. The molecule has 0 fully saturated rings. The first-order valence-electron chi connectivity index (χ1n) is 9.33. The third-order valence-corrected chi connectivity index (χ3v) is 5.12. The summed E-state index contributed by atoms with van der Waals surface area (Å²) in [5.41, 5.74) is 1.54. The van der Waals surface area contributed by atoms with Crippen molar-refractivity contribution < 1.29 is 40.8 Å². The molecule has 11 heteroatoms. The Balaban J connectivity index is 1.78. The Morgan fingerprint density at radius 1 is 0.806 bits per heavy atom. The maximum absolute atomic E-state index is 12.9. The fraction of sp³-hybridized carbons (Fsp3) is 0.350. The Morgan fingerprint density at radius 3 is 1.81 bits per heavy atom. The van der Waals surface area contributed by atoms with Crippen molar-refractivity contribution in [3.63, 3.8) is 0 Å². The van der Waals surface area contributed by atoms with E-state index in [2.05, 4.69) is 0 Å². The second kappa shape index (κ2) is 12.6. The number of amides is 1. The minimum absolute atomic E-state index is 0.00274. The van der Waals surface area contributed by atoms with Crippen LogP contribution in [0.4, 0.5) is 13.2 Å². The topological polar surface area (TPSA) is 83.1 Å². The second-order valence-electron chi connectivity index (χ2n) is 6.16. The number of halogens is 3. The van der Waals surface area contributed by atoms with Crippen molar-refractivity contribution in [2.75, 3.05) is 26.4 Å². The molecule has 0 aliphatic rings. The van der Waals surface area contributed by atoms with Crippen LogP contribution in [0.5, 0.6) is 0 Å². The van der Waals surface area contributed by atoms with Crippen LogP contribution in [0.1, 0.15) is 11.1 Å². The molecule has 0 heterocycles. The van der Waals surface area contributed by atoms with E-state index in [4.69, 9.17) is 18.3 Å². The van der Waals surface area contributed by atoms with Gasteiger partial charge in [-0.25, -0.2) is 4.57 Å². The van der Waals surface area contributed by atoms with Crippen molar-refractivity contribution in [2.24, 2.45) is 0 Å². The maximum Gasteiger partial charge on any atom is 0.475 e. The minimum atomic E-state index is -4.94. The van der Waals surface area contributed by atoms with Crippen LogP contribution in [-0.2, 0) is 40.9 Å². The third-order valence-electron chi connectivity index (χ3n) is 3.73. The molecular formula is C20H23F3NO6P. The van der Waals surface area contributed by atoms with E-state index in [1.54, 1.807) is 53.8 Å². The van der Waals surface area contributed by atoms with Crippen molar-refractivity contribution in [3.05, 3.63) is 71.8 Å². The van der Waals surface area contributed by atoms with Gasteiger partial charge < -0.3 is 10.1 Å². The van der Waals surface area contributed by atoms with Crippen molar-refractivity contribution >= 4 is 13.7 Å². The Morgan fingerprint density at radius 2 is 1.32 bits per heavy atom. The van der Waals surface area contributed by atoms with Crippen LogP contribution in [0.15, 0.2) is 60.7 Å². The van der Waals surface area contributed by atoms with E-state index in [9.17, 15) is 22.5 Å². The lowest BCUT2D eigenvalue weighted by atomic mass is 10.2. The molecule has 7 nitrogen and oxygen atoms in total. The molecule has 2 rings (SSSR count). The maximum atomic E-state index is 12.9. The van der Waals surface area contributed by atoms with Crippen molar-refractivity contribution in [1.82, 2.24) is 5.32 Å². The zero-order valence-electron chi connectivity index (χ0n) is 16.5. The molecule has 0 atom stereocenters. The zero-order chi connectivity index (χ0) is 22.6. The van der Waals surface area contributed by atoms with E-state index in [0.717, 1.165) is 11.1 Å². The molecule has 0 aliphatic carbocycles. The van der Waals surface area contributed by atoms with Gasteiger partial charge in [-0.2, -0.15) is 13.2 Å². The van der Waals surface area contributed by atoms with E-state index in [-0.39, 0.29) is 39.6 Å². The van der Waals surface area contributed by atoms with Gasteiger partial charge in [0.15, 0.2) is 0 Å². The van der Waals surface area contributed by atoms with Crippen LogP contribution in [0, 0.1) is 0 Å². The van der Waals surface area contributed by atoms with Gasteiger partial charge in [-0.15, -0.1) is 0 Å². The summed E-state index contributed by atoms with van der Waals surface area (Å²) in [5.74, 6) is -2.04. The average molecular weight is 461 g/mol. The Bertz CT molecular complexity index is 788. The molecule has 1 N–H and O–H groups in total. The Labute approximate surface area is 178 Å². The van der Waals surface area contributed by atoms with Gasteiger partial charge in [0.25, 0.3) is 0 Å². The average Bonchev–Trinajstić information content (AvgIpc) is 2.76. The lowest BCUT2D eigenvalue weighted by Crippen LogP contribution is -2.38. The van der Waals surface area contributed by atoms with Gasteiger partial charge >= 0.3 is 19.9 Å². The Kier molecular flexibility index (Phi) is 10.2. The van der Waals surface area contributed by atoms with Gasteiger partial charge in [-0.05, 0) is 11.1 Å². The highest BCUT2D eigenvalue weighted by molar-refractivity contribution is 7.48. The van der Waals surface area contributed by atoms with E-state index in [1.165, 1.54) is 0 Å². The van der Waals surface area contributed by atoms with Crippen LogP contribution in [0.25, 0.3) is 0 Å². The molecule has 31 heavy (non-hydrogen) atoms. The number of carbonyl (C=O) groups excluding carboxylic acids is 1. The van der Waals surface area contributed by atoms with E-state index in [0.29, 0.717) is 0 Å². The molecule has 1 amide bonds. The largest absolute Gasteiger partial charge is 0.475 e. The second-order valence-corrected chi connectivity index (χ2v) is 7.83. The molecule has 170 valence electrons. The number of alkyl halides is 3. The van der Waals surface area contributed by atoms with Crippen LogP contribution >= 0.6 is 7.82 Å². The molecule has 0 saturated carbocycles. The summed E-state index contributed by atoms with van der Waals surface area (Å²) in [6.07, 6.45) is -4.94. The molecular weight excluding hydrogens is 438 g/mol. The summed E-state index contributed by atoms with van der Waals surface area (Å²) in [6, 6.07) is 18.1. The van der Waals surface area contributed by atoms with Crippen LogP contribution in [-0.4, -0.2) is 38.4 Å². The first-order valence-corrected chi connectivity index (χ1v) is 10.8. The summed E-state index contributed by atoms with van der Waals surface area (Å²) < 4.78 is 70.3. The molecule has 0 unspecified atom stereocenters. The normalized spacial score (nSPS) is 12.0. The van der Waals surface area contributed by atoms with Gasteiger partial charge in [0.05, 0.1) is 33.0 Å². The quantitative estimate of drug-likeness (QED) is 0.355.